The van der Waals surface area contributed by atoms with E-state index in [0.29, 0.717) is 24.0 Å². The molecule has 2 aliphatic heterocycles. The standard InChI is InChI=1S/C29H33N5O.C22H38N2.C5H9NO.C3H8/c1-19(34-15-12-23(13-16-34)22-7-5-21(6-8-22)20(2)35)27-17-26-25(11-14-31-29(26)33(27)4)24-9-10-28(30-3)32-18-24;1-6-8-21(9-7-2)17-24-13-12-23(15-20(24)5)16-22-11-10-18(3)19(4)14-22;1-4(7)6-5-2-3-5;1-3-2/h5-11,14,17-19,23H,12-13,15-16H2,1-4H3,(H,30,32);10-11,14,20-21H,6-9,12-13,15-17H2,1-5H3;5H,2-3H2,1H3,(H,6,7);3H2,1-2H3. The van der Waals surface area contributed by atoms with Crippen molar-refractivity contribution in [2.75, 3.05) is 51.6 Å². The van der Waals surface area contributed by atoms with Gasteiger partial charge in [-0.1, -0.05) is 89.4 Å². The van der Waals surface area contributed by atoms with Crippen molar-refractivity contribution in [2.45, 2.75) is 158 Å². The fourth-order valence-corrected chi connectivity index (χ4v) is 10.0. The number of fused-ring (bicyclic) bond motifs is 1. The molecule has 2 N–H and O–H groups in total. The first-order valence-electron chi connectivity index (χ1n) is 26.4. The van der Waals surface area contributed by atoms with Crippen LogP contribution in [-0.4, -0.2) is 99.3 Å². The van der Waals surface area contributed by atoms with Gasteiger partial charge in [0.2, 0.25) is 5.91 Å². The maximum absolute atomic E-state index is 11.6. The van der Waals surface area contributed by atoms with Gasteiger partial charge in [0.25, 0.3) is 0 Å². The summed E-state index contributed by atoms with van der Waals surface area (Å²) in [5, 5.41) is 7.02. The molecule has 0 bridgehead atoms. The number of piperazine rings is 1. The van der Waals surface area contributed by atoms with Gasteiger partial charge in [-0.25, -0.2) is 9.97 Å². The fourth-order valence-electron chi connectivity index (χ4n) is 10.0. The minimum absolute atomic E-state index is 0.0995. The number of hydrogen-bond acceptors (Lipinski definition) is 8. The van der Waals surface area contributed by atoms with Crippen LogP contribution in [0, 0.1) is 19.8 Å². The summed E-state index contributed by atoms with van der Waals surface area (Å²) in [6.07, 6.45) is 15.1. The summed E-state index contributed by atoms with van der Waals surface area (Å²) in [4.78, 5) is 38.9. The Balaban J connectivity index is 0.000000225. The number of anilines is 1. The van der Waals surface area contributed by atoms with Crippen molar-refractivity contribution in [3.8, 4) is 11.1 Å². The van der Waals surface area contributed by atoms with Gasteiger partial charge in [0.15, 0.2) is 5.78 Å². The lowest BCUT2D eigenvalue weighted by Gasteiger charge is -2.41. The SMILES string of the molecule is CC(=O)NC1CC1.CCC.CCCC(CCC)CN1CCN(Cc2ccc(C)c(C)c2)CC1C.CNc1ccc(-c2ccnc3c2cc(C(C)N2CCC(c4ccc(C(C)=O)cc4)CC2)n3C)cn1. The van der Waals surface area contributed by atoms with E-state index in [1.165, 1.54) is 99.1 Å². The van der Waals surface area contributed by atoms with Gasteiger partial charge >= 0.3 is 0 Å². The first-order chi connectivity index (χ1) is 33.2. The van der Waals surface area contributed by atoms with E-state index in [2.05, 4.69) is 146 Å². The molecular formula is C59H88N8O2. The molecule has 3 fully saturated rings. The topological polar surface area (TPSA) is 98.6 Å². The summed E-state index contributed by atoms with van der Waals surface area (Å²) in [5.74, 6) is 2.53. The number of amides is 1. The average molecular weight is 941 g/mol. The lowest BCUT2D eigenvalue weighted by atomic mass is 9.88. The van der Waals surface area contributed by atoms with Crippen LogP contribution in [0.2, 0.25) is 0 Å². The molecule has 2 saturated heterocycles. The van der Waals surface area contributed by atoms with E-state index >= 15 is 0 Å². The number of Topliss-reactive ketones (excluding diaryl/α,β-unsaturated/α-hetero) is 1. The van der Waals surface area contributed by atoms with Crippen LogP contribution in [-0.2, 0) is 18.4 Å². The van der Waals surface area contributed by atoms with E-state index in [1.807, 2.05) is 37.6 Å². The highest BCUT2D eigenvalue weighted by molar-refractivity contribution is 5.94. The molecule has 3 aromatic heterocycles. The van der Waals surface area contributed by atoms with Gasteiger partial charge in [0.1, 0.15) is 11.5 Å². The van der Waals surface area contributed by atoms with Crippen LogP contribution in [0.4, 0.5) is 5.82 Å². The smallest absolute Gasteiger partial charge is 0.217 e. The molecule has 8 rings (SSSR count). The molecule has 2 aromatic carbocycles. The number of carbonyl (C=O) groups is 2. The van der Waals surface area contributed by atoms with Gasteiger partial charge in [-0.05, 0) is 150 Å². The summed E-state index contributed by atoms with van der Waals surface area (Å²) in [7, 11) is 4.00. The van der Waals surface area contributed by atoms with Crippen LogP contribution in [0.25, 0.3) is 22.2 Å². The number of aromatic nitrogens is 3. The Hall–Kier alpha value is -4.90. The second kappa shape index (κ2) is 27.5. The molecule has 2 atom stereocenters. The van der Waals surface area contributed by atoms with E-state index in [4.69, 9.17) is 4.98 Å². The van der Waals surface area contributed by atoms with Crippen molar-refractivity contribution in [1.29, 1.82) is 0 Å². The van der Waals surface area contributed by atoms with Gasteiger partial charge in [-0.3, -0.25) is 24.3 Å². The number of likely N-dealkylation sites (tertiary alicyclic amines) is 1. The number of hydrogen-bond donors (Lipinski definition) is 2. The first kappa shape index (κ1) is 55.0. The number of pyridine rings is 2. The Morgan fingerprint density at radius 3 is 2.03 bits per heavy atom. The van der Waals surface area contributed by atoms with Crippen molar-refractivity contribution in [2.24, 2.45) is 13.0 Å². The summed E-state index contributed by atoms with van der Waals surface area (Å²) in [6, 6.07) is 25.1. The highest BCUT2D eigenvalue weighted by Crippen LogP contribution is 2.36. The van der Waals surface area contributed by atoms with Gasteiger partial charge in [0, 0.05) is 106 Å². The number of carbonyl (C=O) groups excluding carboxylic acids is 2. The largest absolute Gasteiger partial charge is 0.373 e. The molecular weight excluding hydrogens is 853 g/mol. The summed E-state index contributed by atoms with van der Waals surface area (Å²) in [5.41, 5.74) is 11.0. The average Bonchev–Trinajstić information content (AvgIpc) is 4.10. The molecule has 69 heavy (non-hydrogen) atoms. The Morgan fingerprint density at radius 2 is 1.49 bits per heavy atom. The van der Waals surface area contributed by atoms with Gasteiger partial charge < -0.3 is 15.2 Å². The second-order valence-electron chi connectivity index (χ2n) is 20.2. The molecule has 5 heterocycles. The molecule has 1 saturated carbocycles. The number of ketones is 1. The number of rotatable bonds is 15. The third-order valence-electron chi connectivity index (χ3n) is 14.3. The zero-order valence-corrected chi connectivity index (χ0v) is 44.7. The predicted octanol–water partition coefficient (Wildman–Crippen LogP) is 12.5. The zero-order valence-electron chi connectivity index (χ0n) is 44.7. The molecule has 376 valence electrons. The molecule has 3 aliphatic rings. The number of nitrogens with one attached hydrogen (secondary N) is 2. The molecule has 2 unspecified atom stereocenters. The minimum atomic E-state index is 0.0995. The maximum atomic E-state index is 11.6. The third-order valence-corrected chi connectivity index (χ3v) is 14.3. The van der Waals surface area contributed by atoms with Gasteiger partial charge in [-0.2, -0.15) is 0 Å². The number of piperidine rings is 1. The van der Waals surface area contributed by atoms with Crippen LogP contribution >= 0.6 is 0 Å². The number of aryl methyl sites for hydroxylation is 3. The molecule has 1 aliphatic carbocycles. The fraction of sp³-hybridized carbons (Fsp3) is 0.559. The van der Waals surface area contributed by atoms with Crippen molar-refractivity contribution < 1.29 is 9.59 Å². The Kier molecular flexibility index (Phi) is 21.9. The molecule has 0 radical (unpaired) electrons. The van der Waals surface area contributed by atoms with Gasteiger partial charge in [-0.15, -0.1) is 0 Å². The van der Waals surface area contributed by atoms with Crippen LogP contribution in [0.15, 0.2) is 79.1 Å². The summed E-state index contributed by atoms with van der Waals surface area (Å²) >= 11 is 0. The highest BCUT2D eigenvalue weighted by Gasteiger charge is 2.28. The normalized spacial score (nSPS) is 17.2. The number of benzene rings is 2. The monoisotopic (exact) mass is 941 g/mol. The second-order valence-corrected chi connectivity index (χ2v) is 20.2. The third kappa shape index (κ3) is 16.3. The predicted molar refractivity (Wildman–Crippen MR) is 290 cm³/mol. The van der Waals surface area contributed by atoms with E-state index in [0.717, 1.165) is 71.9 Å². The van der Waals surface area contributed by atoms with E-state index in [-0.39, 0.29) is 11.7 Å². The molecule has 10 heteroatoms. The van der Waals surface area contributed by atoms with Gasteiger partial charge in [0.05, 0.1) is 0 Å². The Bertz CT molecular complexity index is 2320. The Labute approximate surface area is 417 Å². The zero-order chi connectivity index (χ0) is 50.0. The van der Waals surface area contributed by atoms with E-state index < -0.39 is 0 Å². The van der Waals surface area contributed by atoms with Crippen LogP contribution in [0.5, 0.6) is 0 Å². The van der Waals surface area contributed by atoms with Crippen molar-refractivity contribution in [3.05, 3.63) is 113 Å². The van der Waals surface area contributed by atoms with Crippen LogP contribution in [0.1, 0.15) is 163 Å². The summed E-state index contributed by atoms with van der Waals surface area (Å²) < 4.78 is 2.24. The van der Waals surface area contributed by atoms with Crippen molar-refractivity contribution in [3.63, 3.8) is 0 Å². The lowest BCUT2D eigenvalue weighted by molar-refractivity contribution is -0.119. The van der Waals surface area contributed by atoms with E-state index in [9.17, 15) is 9.59 Å². The van der Waals surface area contributed by atoms with Crippen molar-refractivity contribution in [1.82, 2.24) is 34.6 Å². The lowest BCUT2D eigenvalue weighted by Crippen LogP contribution is -2.52. The quantitative estimate of drug-likeness (QED) is 0.100. The Morgan fingerprint density at radius 1 is 0.812 bits per heavy atom. The molecule has 5 aromatic rings. The van der Waals surface area contributed by atoms with E-state index in [1.54, 1.807) is 13.8 Å². The maximum Gasteiger partial charge on any atom is 0.217 e. The molecule has 10 nitrogen and oxygen atoms in total. The van der Waals surface area contributed by atoms with Crippen LogP contribution in [0.3, 0.4) is 0 Å². The minimum Gasteiger partial charge on any atom is -0.373 e. The number of nitrogens with zero attached hydrogens (tertiary/aromatic N) is 6. The first-order valence-corrected chi connectivity index (χ1v) is 26.4. The van der Waals surface area contributed by atoms with Crippen molar-refractivity contribution >= 4 is 28.5 Å². The van der Waals surface area contributed by atoms with Crippen LogP contribution < -0.4 is 10.6 Å². The highest BCUT2D eigenvalue weighted by atomic mass is 16.1. The summed E-state index contributed by atoms with van der Waals surface area (Å²) in [6.45, 7) is 29.4. The molecule has 0 spiro atoms. The molecule has 1 amide bonds.